The molecule has 0 saturated carbocycles. The van der Waals surface area contributed by atoms with E-state index in [1.54, 1.807) is 0 Å². The number of alkyl halides is 3. The number of carbonyl (C=O) groups excluding carboxylic acids is 1. The highest BCUT2D eigenvalue weighted by Gasteiger charge is 2.34. The number of sulfonamides is 1. The van der Waals surface area contributed by atoms with E-state index in [-0.39, 0.29) is 25.0 Å². The van der Waals surface area contributed by atoms with E-state index in [0.29, 0.717) is 13.0 Å². The van der Waals surface area contributed by atoms with E-state index in [9.17, 15) is 26.4 Å². The molecule has 1 fully saturated rings. The molecule has 136 valence electrons. The average Bonchev–Trinajstić information content (AvgIpc) is 2.93. The number of aromatic nitrogens is 2. The maximum Gasteiger partial charge on any atom is 0.435 e. The third kappa shape index (κ3) is 5.20. The Morgan fingerprint density at radius 2 is 2.12 bits per heavy atom. The molecule has 1 aromatic rings. The van der Waals surface area contributed by atoms with E-state index in [2.05, 4.69) is 9.82 Å². The molecular formula is C13H19F3N4O3S. The molecule has 2 rings (SSSR count). The first kappa shape index (κ1) is 18.7. The molecule has 1 unspecified atom stereocenters. The van der Waals surface area contributed by atoms with Gasteiger partial charge in [0.25, 0.3) is 0 Å². The molecule has 1 N–H and O–H groups in total. The molecule has 0 aliphatic carbocycles. The maximum absolute atomic E-state index is 12.5. The van der Waals surface area contributed by atoms with Crippen molar-refractivity contribution in [3.05, 3.63) is 18.0 Å². The number of amides is 1. The van der Waals surface area contributed by atoms with Crippen LogP contribution in [0.5, 0.6) is 0 Å². The number of hydrogen-bond donors (Lipinski definition) is 1. The van der Waals surface area contributed by atoms with Crippen LogP contribution in [0.25, 0.3) is 0 Å². The van der Waals surface area contributed by atoms with Crippen molar-refractivity contribution in [1.82, 2.24) is 19.4 Å². The summed E-state index contributed by atoms with van der Waals surface area (Å²) in [7, 11) is -3.38. The van der Waals surface area contributed by atoms with Gasteiger partial charge in [0.2, 0.25) is 15.9 Å². The molecule has 0 bridgehead atoms. The summed E-state index contributed by atoms with van der Waals surface area (Å²) in [5.41, 5.74) is -1.05. The number of rotatable bonds is 5. The summed E-state index contributed by atoms with van der Waals surface area (Å²) in [5.74, 6) is -0.383. The molecule has 2 heterocycles. The lowest BCUT2D eigenvalue weighted by atomic mass is 10.0. The molecule has 1 aliphatic rings. The second-order valence-electron chi connectivity index (χ2n) is 5.75. The third-order valence-corrected chi connectivity index (χ3v) is 4.45. The fourth-order valence-electron chi connectivity index (χ4n) is 2.62. The van der Waals surface area contributed by atoms with E-state index in [4.69, 9.17) is 0 Å². The van der Waals surface area contributed by atoms with Gasteiger partial charge in [0, 0.05) is 25.3 Å². The molecule has 1 aromatic heterocycles. The number of nitrogens with zero attached hydrogens (tertiary/aromatic N) is 3. The van der Waals surface area contributed by atoms with E-state index in [1.807, 2.05) is 0 Å². The standard InChI is InChI=1S/C13H19F3N4O3S/c1-24(22,23)17-8-10-4-2-3-6-20(10)12(21)9-19-7-5-11(18-19)13(14,15)16/h5,7,10,17H,2-4,6,8-9H2,1H3. The Kier molecular flexibility index (Phi) is 5.53. The molecule has 7 nitrogen and oxygen atoms in total. The lowest BCUT2D eigenvalue weighted by molar-refractivity contribution is -0.142. The van der Waals surface area contributed by atoms with Crippen molar-refractivity contribution in [2.75, 3.05) is 19.3 Å². The Labute approximate surface area is 137 Å². The van der Waals surface area contributed by atoms with Crippen LogP contribution < -0.4 is 4.72 Å². The van der Waals surface area contributed by atoms with E-state index in [1.165, 1.54) is 4.90 Å². The number of likely N-dealkylation sites (tertiary alicyclic amines) is 1. The fraction of sp³-hybridized carbons (Fsp3) is 0.692. The molecule has 0 radical (unpaired) electrons. The van der Waals surface area contributed by atoms with Crippen molar-refractivity contribution in [3.8, 4) is 0 Å². The Balaban J connectivity index is 2.02. The molecule has 0 spiro atoms. The summed E-state index contributed by atoms with van der Waals surface area (Å²) in [5, 5.41) is 3.36. The Bertz CT molecular complexity index is 687. The molecular weight excluding hydrogens is 349 g/mol. The van der Waals surface area contributed by atoms with Crippen LogP contribution in [0.1, 0.15) is 25.0 Å². The van der Waals surface area contributed by atoms with Gasteiger partial charge in [-0.2, -0.15) is 18.3 Å². The number of carbonyl (C=O) groups is 1. The van der Waals surface area contributed by atoms with Gasteiger partial charge in [-0.05, 0) is 25.3 Å². The molecule has 1 atom stereocenters. The first-order valence-electron chi connectivity index (χ1n) is 7.41. The van der Waals surface area contributed by atoms with E-state index in [0.717, 1.165) is 36.0 Å². The van der Waals surface area contributed by atoms with Gasteiger partial charge < -0.3 is 4.90 Å². The Morgan fingerprint density at radius 3 is 2.71 bits per heavy atom. The van der Waals surface area contributed by atoms with Crippen LogP contribution in [0.15, 0.2) is 12.3 Å². The number of halogens is 3. The average molecular weight is 368 g/mol. The summed E-state index contributed by atoms with van der Waals surface area (Å²) < 4.78 is 63.3. The quantitative estimate of drug-likeness (QED) is 0.835. The summed E-state index contributed by atoms with van der Waals surface area (Å²) in [6, 6.07) is 0.505. The third-order valence-electron chi connectivity index (χ3n) is 3.76. The van der Waals surface area contributed by atoms with Crippen molar-refractivity contribution in [3.63, 3.8) is 0 Å². The molecule has 1 aliphatic heterocycles. The molecule has 24 heavy (non-hydrogen) atoms. The molecule has 11 heteroatoms. The van der Waals surface area contributed by atoms with Crippen LogP contribution in [0.4, 0.5) is 13.2 Å². The predicted molar refractivity (Wildman–Crippen MR) is 79.4 cm³/mol. The highest BCUT2D eigenvalue weighted by atomic mass is 32.2. The van der Waals surface area contributed by atoms with Crippen molar-refractivity contribution in [2.24, 2.45) is 0 Å². The maximum atomic E-state index is 12.5. The largest absolute Gasteiger partial charge is 0.435 e. The van der Waals surface area contributed by atoms with E-state index >= 15 is 0 Å². The fourth-order valence-corrected chi connectivity index (χ4v) is 3.11. The minimum Gasteiger partial charge on any atom is -0.337 e. The van der Waals surface area contributed by atoms with Crippen LogP contribution in [0, 0.1) is 0 Å². The zero-order valence-corrected chi connectivity index (χ0v) is 13.9. The normalized spacial score (nSPS) is 19.5. The minimum atomic E-state index is -4.55. The summed E-state index contributed by atoms with van der Waals surface area (Å²) in [6.07, 6.45) is -0.144. The van der Waals surface area contributed by atoms with Crippen LogP contribution in [0.2, 0.25) is 0 Å². The molecule has 1 saturated heterocycles. The predicted octanol–water partition coefficient (Wildman–Crippen LogP) is 0.832. The van der Waals surface area contributed by atoms with Gasteiger partial charge in [-0.1, -0.05) is 0 Å². The van der Waals surface area contributed by atoms with Gasteiger partial charge in [0.1, 0.15) is 6.54 Å². The number of nitrogens with one attached hydrogen (secondary N) is 1. The SMILES string of the molecule is CS(=O)(=O)NCC1CCCCN1C(=O)Cn1ccc(C(F)(F)F)n1. The van der Waals surface area contributed by atoms with Gasteiger partial charge in [-0.3, -0.25) is 9.48 Å². The van der Waals surface area contributed by atoms with Crippen LogP contribution in [-0.2, 0) is 27.5 Å². The van der Waals surface area contributed by atoms with Gasteiger partial charge in [-0.25, -0.2) is 13.1 Å². The summed E-state index contributed by atoms with van der Waals surface area (Å²) in [4.78, 5) is 13.9. The Hall–Kier alpha value is -1.62. The van der Waals surface area contributed by atoms with E-state index < -0.39 is 21.9 Å². The molecule has 1 amide bonds. The number of hydrogen-bond acceptors (Lipinski definition) is 4. The lowest BCUT2D eigenvalue weighted by Gasteiger charge is -2.35. The summed E-state index contributed by atoms with van der Waals surface area (Å²) in [6.45, 7) is 0.227. The van der Waals surface area contributed by atoms with Crippen LogP contribution in [0.3, 0.4) is 0 Å². The monoisotopic (exact) mass is 368 g/mol. The zero-order chi connectivity index (χ0) is 18.0. The van der Waals surface area contributed by atoms with Gasteiger partial charge in [-0.15, -0.1) is 0 Å². The van der Waals surface area contributed by atoms with Gasteiger partial charge in [0.05, 0.1) is 6.26 Å². The van der Waals surface area contributed by atoms with Crippen LogP contribution in [-0.4, -0.2) is 54.4 Å². The van der Waals surface area contributed by atoms with Crippen molar-refractivity contribution in [2.45, 2.75) is 38.0 Å². The first-order valence-corrected chi connectivity index (χ1v) is 9.30. The van der Waals surface area contributed by atoms with Crippen molar-refractivity contribution >= 4 is 15.9 Å². The smallest absolute Gasteiger partial charge is 0.337 e. The zero-order valence-electron chi connectivity index (χ0n) is 13.1. The summed E-state index contributed by atoms with van der Waals surface area (Å²) >= 11 is 0. The highest BCUT2D eigenvalue weighted by molar-refractivity contribution is 7.88. The van der Waals surface area contributed by atoms with Crippen molar-refractivity contribution in [1.29, 1.82) is 0 Å². The topological polar surface area (TPSA) is 84.3 Å². The minimum absolute atomic E-state index is 0.0947. The second kappa shape index (κ2) is 7.09. The van der Waals surface area contributed by atoms with Crippen LogP contribution >= 0.6 is 0 Å². The van der Waals surface area contributed by atoms with Gasteiger partial charge >= 0.3 is 6.18 Å². The number of piperidine rings is 1. The lowest BCUT2D eigenvalue weighted by Crippen LogP contribution is -2.50. The molecule has 0 aromatic carbocycles. The van der Waals surface area contributed by atoms with Crippen molar-refractivity contribution < 1.29 is 26.4 Å². The first-order chi connectivity index (χ1) is 11.1. The highest BCUT2D eigenvalue weighted by Crippen LogP contribution is 2.27. The van der Waals surface area contributed by atoms with Gasteiger partial charge in [0.15, 0.2) is 5.69 Å². The Morgan fingerprint density at radius 1 is 1.42 bits per heavy atom. The second-order valence-corrected chi connectivity index (χ2v) is 7.59.